The standard InChI is InChI=1S/C21H21N3O2S/c1-4-24-20-12-11-18(27(25,26)23(2)3)14-19(20)22-21(24)17-10-9-15-7-5-6-8-16(15)13-17/h5-14H,4H2,1-3H3. The first kappa shape index (κ1) is 17.7. The van der Waals surface area contributed by atoms with E-state index in [0.717, 1.165) is 28.8 Å². The molecule has 0 spiro atoms. The van der Waals surface area contributed by atoms with Crippen LogP contribution < -0.4 is 0 Å². The zero-order chi connectivity index (χ0) is 19.2. The largest absolute Gasteiger partial charge is 0.324 e. The van der Waals surface area contributed by atoms with Gasteiger partial charge in [-0.3, -0.25) is 0 Å². The van der Waals surface area contributed by atoms with E-state index in [2.05, 4.69) is 41.8 Å². The first-order valence-electron chi connectivity index (χ1n) is 8.84. The summed E-state index contributed by atoms with van der Waals surface area (Å²) in [5.74, 6) is 0.845. The Morgan fingerprint density at radius 3 is 2.41 bits per heavy atom. The van der Waals surface area contributed by atoms with Crippen LogP contribution in [0.1, 0.15) is 6.92 Å². The predicted octanol–water partition coefficient (Wildman–Crippen LogP) is 4.13. The van der Waals surface area contributed by atoms with E-state index in [1.165, 1.54) is 23.8 Å². The third-order valence-electron chi connectivity index (χ3n) is 4.82. The number of benzene rings is 3. The van der Waals surface area contributed by atoms with E-state index >= 15 is 0 Å². The smallest absolute Gasteiger partial charge is 0.242 e. The van der Waals surface area contributed by atoms with Crippen molar-refractivity contribution >= 4 is 31.8 Å². The molecule has 6 heteroatoms. The molecule has 0 saturated carbocycles. The molecule has 0 unspecified atom stereocenters. The maximum absolute atomic E-state index is 12.4. The molecule has 0 aliphatic heterocycles. The highest BCUT2D eigenvalue weighted by Crippen LogP contribution is 2.29. The van der Waals surface area contributed by atoms with Crippen LogP contribution in [0.4, 0.5) is 0 Å². The third-order valence-corrected chi connectivity index (χ3v) is 6.63. The lowest BCUT2D eigenvalue weighted by atomic mass is 10.1. The van der Waals surface area contributed by atoms with Crippen LogP contribution in [0.5, 0.6) is 0 Å². The highest BCUT2D eigenvalue weighted by Gasteiger charge is 2.20. The van der Waals surface area contributed by atoms with Gasteiger partial charge in [0.05, 0.1) is 15.9 Å². The van der Waals surface area contributed by atoms with E-state index in [1.54, 1.807) is 12.1 Å². The Balaban J connectivity index is 1.92. The van der Waals surface area contributed by atoms with E-state index in [9.17, 15) is 8.42 Å². The highest BCUT2D eigenvalue weighted by atomic mass is 32.2. The first-order valence-corrected chi connectivity index (χ1v) is 10.3. The molecule has 0 radical (unpaired) electrons. The highest BCUT2D eigenvalue weighted by molar-refractivity contribution is 7.89. The number of sulfonamides is 1. The molecular weight excluding hydrogens is 358 g/mol. The summed E-state index contributed by atoms with van der Waals surface area (Å²) in [4.78, 5) is 5.03. The van der Waals surface area contributed by atoms with Crippen molar-refractivity contribution in [1.29, 1.82) is 0 Å². The van der Waals surface area contributed by atoms with Gasteiger partial charge in [-0.25, -0.2) is 17.7 Å². The fourth-order valence-electron chi connectivity index (χ4n) is 3.35. The fourth-order valence-corrected chi connectivity index (χ4v) is 4.27. The summed E-state index contributed by atoms with van der Waals surface area (Å²) in [5, 5.41) is 2.33. The molecule has 0 aliphatic carbocycles. The van der Waals surface area contributed by atoms with Crippen molar-refractivity contribution in [1.82, 2.24) is 13.9 Å². The Bertz CT molecular complexity index is 1260. The fraction of sp³-hybridized carbons (Fsp3) is 0.190. The maximum Gasteiger partial charge on any atom is 0.242 e. The Labute approximate surface area is 158 Å². The van der Waals surface area contributed by atoms with Gasteiger partial charge in [0.25, 0.3) is 0 Å². The number of aromatic nitrogens is 2. The molecule has 0 aliphatic rings. The molecule has 0 amide bonds. The van der Waals surface area contributed by atoms with Crippen molar-refractivity contribution in [2.24, 2.45) is 0 Å². The number of rotatable bonds is 4. The van der Waals surface area contributed by atoms with Gasteiger partial charge in [-0.2, -0.15) is 0 Å². The van der Waals surface area contributed by atoms with Crippen LogP contribution in [0.25, 0.3) is 33.2 Å². The summed E-state index contributed by atoms with van der Waals surface area (Å²) in [6.07, 6.45) is 0. The Morgan fingerprint density at radius 1 is 0.963 bits per heavy atom. The minimum Gasteiger partial charge on any atom is -0.324 e. The minimum absolute atomic E-state index is 0.255. The van der Waals surface area contributed by atoms with Crippen molar-refractivity contribution in [2.75, 3.05) is 14.1 Å². The van der Waals surface area contributed by atoms with Crippen molar-refractivity contribution < 1.29 is 8.42 Å². The van der Waals surface area contributed by atoms with Crippen molar-refractivity contribution in [3.05, 3.63) is 60.7 Å². The van der Waals surface area contributed by atoms with Gasteiger partial charge in [0.15, 0.2) is 0 Å². The van der Waals surface area contributed by atoms with Crippen LogP contribution in [0.3, 0.4) is 0 Å². The lowest BCUT2D eigenvalue weighted by Crippen LogP contribution is -2.22. The topological polar surface area (TPSA) is 55.2 Å². The number of imidazole rings is 1. The van der Waals surface area contributed by atoms with Crippen molar-refractivity contribution in [3.8, 4) is 11.4 Å². The van der Waals surface area contributed by atoms with Gasteiger partial charge in [-0.15, -0.1) is 0 Å². The van der Waals surface area contributed by atoms with Gasteiger partial charge < -0.3 is 4.57 Å². The molecule has 0 bridgehead atoms. The molecule has 1 aromatic heterocycles. The summed E-state index contributed by atoms with van der Waals surface area (Å²) in [6.45, 7) is 2.81. The first-order chi connectivity index (χ1) is 12.9. The zero-order valence-corrected chi connectivity index (χ0v) is 16.4. The maximum atomic E-state index is 12.4. The summed E-state index contributed by atoms with van der Waals surface area (Å²) in [7, 11) is -0.423. The molecule has 3 aromatic carbocycles. The van der Waals surface area contributed by atoms with E-state index in [0.29, 0.717) is 5.52 Å². The zero-order valence-electron chi connectivity index (χ0n) is 15.5. The van der Waals surface area contributed by atoms with Crippen LogP contribution >= 0.6 is 0 Å². The van der Waals surface area contributed by atoms with Gasteiger partial charge in [0.2, 0.25) is 10.0 Å². The molecule has 27 heavy (non-hydrogen) atoms. The Morgan fingerprint density at radius 2 is 1.70 bits per heavy atom. The molecular formula is C21H21N3O2S. The number of hydrogen-bond acceptors (Lipinski definition) is 3. The summed E-state index contributed by atoms with van der Waals surface area (Å²) in [6, 6.07) is 19.6. The second kappa shape index (κ2) is 6.48. The predicted molar refractivity (Wildman–Crippen MR) is 109 cm³/mol. The van der Waals surface area contributed by atoms with Crippen LogP contribution in [-0.4, -0.2) is 36.4 Å². The van der Waals surface area contributed by atoms with Crippen LogP contribution in [-0.2, 0) is 16.6 Å². The number of aryl methyl sites for hydroxylation is 1. The monoisotopic (exact) mass is 379 g/mol. The number of fused-ring (bicyclic) bond motifs is 2. The molecule has 4 rings (SSSR count). The quantitative estimate of drug-likeness (QED) is 0.536. The molecule has 1 heterocycles. The van der Waals surface area contributed by atoms with E-state index in [1.807, 2.05) is 18.2 Å². The van der Waals surface area contributed by atoms with Gasteiger partial charge >= 0.3 is 0 Å². The molecule has 138 valence electrons. The minimum atomic E-state index is -3.49. The summed E-state index contributed by atoms with van der Waals surface area (Å²) in [5.41, 5.74) is 2.63. The van der Waals surface area contributed by atoms with Crippen LogP contribution in [0, 0.1) is 0 Å². The number of nitrogens with zero attached hydrogens (tertiary/aromatic N) is 3. The van der Waals surface area contributed by atoms with E-state index < -0.39 is 10.0 Å². The molecule has 4 aromatic rings. The average molecular weight is 379 g/mol. The van der Waals surface area contributed by atoms with E-state index in [-0.39, 0.29) is 4.90 Å². The van der Waals surface area contributed by atoms with Gasteiger partial charge in [0, 0.05) is 26.2 Å². The SMILES string of the molecule is CCn1c(-c2ccc3ccccc3c2)nc2cc(S(=O)(=O)N(C)C)ccc21. The Hall–Kier alpha value is -2.70. The average Bonchev–Trinajstić information content (AvgIpc) is 3.05. The molecule has 5 nitrogen and oxygen atoms in total. The van der Waals surface area contributed by atoms with Gasteiger partial charge in [-0.05, 0) is 42.0 Å². The normalized spacial score (nSPS) is 12.3. The molecule has 0 atom stereocenters. The molecule has 0 fully saturated rings. The third kappa shape index (κ3) is 2.91. The van der Waals surface area contributed by atoms with Gasteiger partial charge in [0.1, 0.15) is 5.82 Å². The lowest BCUT2D eigenvalue weighted by molar-refractivity contribution is 0.521. The summed E-state index contributed by atoms with van der Waals surface area (Å²) >= 11 is 0. The molecule has 0 N–H and O–H groups in total. The summed E-state index contributed by atoms with van der Waals surface area (Å²) < 4.78 is 28.2. The van der Waals surface area contributed by atoms with Crippen molar-refractivity contribution in [2.45, 2.75) is 18.4 Å². The van der Waals surface area contributed by atoms with Crippen LogP contribution in [0.15, 0.2) is 65.6 Å². The van der Waals surface area contributed by atoms with Crippen molar-refractivity contribution in [3.63, 3.8) is 0 Å². The Kier molecular flexibility index (Phi) is 4.25. The van der Waals surface area contributed by atoms with Gasteiger partial charge in [-0.1, -0.05) is 36.4 Å². The second-order valence-corrected chi connectivity index (χ2v) is 8.83. The van der Waals surface area contributed by atoms with E-state index in [4.69, 9.17) is 4.98 Å². The number of hydrogen-bond donors (Lipinski definition) is 0. The second-order valence-electron chi connectivity index (χ2n) is 6.68. The van der Waals surface area contributed by atoms with Crippen LogP contribution in [0.2, 0.25) is 0 Å². The lowest BCUT2D eigenvalue weighted by Gasteiger charge is -2.11. The molecule has 0 saturated heterocycles.